The molecule has 0 aliphatic heterocycles. The lowest BCUT2D eigenvalue weighted by Crippen LogP contribution is -2.33. The SMILES string of the molecule is CCCCC1(OC#N)CCCCC1.S. The van der Waals surface area contributed by atoms with Crippen LogP contribution in [0, 0.1) is 11.5 Å². The number of hydrogen-bond acceptors (Lipinski definition) is 2. The molecule has 0 radical (unpaired) electrons. The quantitative estimate of drug-likeness (QED) is 0.672. The van der Waals surface area contributed by atoms with Crippen molar-refractivity contribution in [3.63, 3.8) is 0 Å². The number of unbranched alkanes of at least 4 members (excludes halogenated alkanes) is 1. The normalized spacial score (nSPS) is 19.1. The molecule has 0 bridgehead atoms. The van der Waals surface area contributed by atoms with Crippen molar-refractivity contribution in [3.05, 3.63) is 0 Å². The minimum absolute atomic E-state index is 0. The molecule has 1 saturated carbocycles. The van der Waals surface area contributed by atoms with E-state index in [2.05, 4.69) is 6.92 Å². The third kappa shape index (κ3) is 3.79. The number of ether oxygens (including phenoxy) is 1. The summed E-state index contributed by atoms with van der Waals surface area (Å²) in [6, 6.07) is 0. The van der Waals surface area contributed by atoms with E-state index in [1.54, 1.807) is 0 Å². The second-order valence-corrected chi connectivity index (χ2v) is 4.04. The predicted octanol–water partition coefficient (Wildman–Crippen LogP) is 3.49. The van der Waals surface area contributed by atoms with Gasteiger partial charge < -0.3 is 4.74 Å². The molecule has 1 fully saturated rings. The van der Waals surface area contributed by atoms with Gasteiger partial charge in [-0.1, -0.05) is 19.8 Å². The molecule has 0 unspecified atom stereocenters. The smallest absolute Gasteiger partial charge is 0.286 e. The zero-order chi connectivity index (χ0) is 9.57. The van der Waals surface area contributed by atoms with Crippen molar-refractivity contribution >= 4 is 13.5 Å². The van der Waals surface area contributed by atoms with Crippen LogP contribution in [0.2, 0.25) is 0 Å². The highest BCUT2D eigenvalue weighted by Crippen LogP contribution is 2.35. The van der Waals surface area contributed by atoms with Gasteiger partial charge in [0.1, 0.15) is 5.60 Å². The van der Waals surface area contributed by atoms with Gasteiger partial charge in [-0.15, -0.1) is 0 Å². The molecule has 82 valence electrons. The van der Waals surface area contributed by atoms with Gasteiger partial charge >= 0.3 is 0 Å². The van der Waals surface area contributed by atoms with Crippen molar-refractivity contribution in [1.29, 1.82) is 5.26 Å². The van der Waals surface area contributed by atoms with E-state index in [0.29, 0.717) is 0 Å². The maximum absolute atomic E-state index is 8.61. The van der Waals surface area contributed by atoms with E-state index >= 15 is 0 Å². The van der Waals surface area contributed by atoms with Crippen LogP contribution >= 0.6 is 13.5 Å². The van der Waals surface area contributed by atoms with Crippen LogP contribution in [-0.4, -0.2) is 5.60 Å². The molecule has 1 aliphatic rings. The van der Waals surface area contributed by atoms with Gasteiger partial charge in [0.2, 0.25) is 0 Å². The highest BCUT2D eigenvalue weighted by molar-refractivity contribution is 7.59. The molecule has 0 aromatic rings. The van der Waals surface area contributed by atoms with Crippen LogP contribution in [0.25, 0.3) is 0 Å². The van der Waals surface area contributed by atoms with Crippen molar-refractivity contribution < 1.29 is 4.74 Å². The van der Waals surface area contributed by atoms with Gasteiger partial charge in [-0.25, -0.2) is 0 Å². The fourth-order valence-electron chi connectivity index (χ4n) is 2.19. The van der Waals surface area contributed by atoms with Gasteiger partial charge in [0.15, 0.2) is 0 Å². The summed E-state index contributed by atoms with van der Waals surface area (Å²) in [5.41, 5.74) is -0.0803. The molecule has 0 spiro atoms. The Morgan fingerprint density at radius 1 is 1.29 bits per heavy atom. The Bertz CT molecular complexity index is 182. The first kappa shape index (κ1) is 13.6. The monoisotopic (exact) mass is 215 g/mol. The molecule has 1 rings (SSSR count). The lowest BCUT2D eigenvalue weighted by atomic mass is 9.81. The number of rotatable bonds is 4. The summed E-state index contributed by atoms with van der Waals surface area (Å²) in [7, 11) is 0. The average Bonchev–Trinajstić information content (AvgIpc) is 2.17. The van der Waals surface area contributed by atoms with Gasteiger partial charge in [0.05, 0.1) is 0 Å². The molecular formula is C11H21NOS. The third-order valence-corrected chi connectivity index (χ3v) is 3.01. The van der Waals surface area contributed by atoms with Crippen LogP contribution in [0.4, 0.5) is 0 Å². The molecule has 0 aromatic heterocycles. The molecule has 2 nitrogen and oxygen atoms in total. The fourth-order valence-corrected chi connectivity index (χ4v) is 2.19. The Hall–Kier alpha value is -0.360. The van der Waals surface area contributed by atoms with Gasteiger partial charge in [-0.2, -0.15) is 18.8 Å². The van der Waals surface area contributed by atoms with Crippen molar-refractivity contribution in [1.82, 2.24) is 0 Å². The molecule has 0 saturated heterocycles. The molecule has 0 atom stereocenters. The van der Waals surface area contributed by atoms with Gasteiger partial charge in [-0.3, -0.25) is 0 Å². The Morgan fingerprint density at radius 2 is 1.93 bits per heavy atom. The predicted molar refractivity (Wildman–Crippen MR) is 62.4 cm³/mol. The largest absolute Gasteiger partial charge is 0.421 e. The number of nitriles is 1. The van der Waals surface area contributed by atoms with Crippen molar-refractivity contribution in [3.8, 4) is 6.26 Å². The molecule has 0 amide bonds. The van der Waals surface area contributed by atoms with Gasteiger partial charge in [0, 0.05) is 0 Å². The number of hydrogen-bond donors (Lipinski definition) is 0. The first-order valence-corrected chi connectivity index (χ1v) is 5.40. The van der Waals surface area contributed by atoms with Crippen LogP contribution in [0.3, 0.4) is 0 Å². The number of nitrogens with zero attached hydrogens (tertiary/aromatic N) is 1. The summed E-state index contributed by atoms with van der Waals surface area (Å²) in [6.07, 6.45) is 11.3. The maximum Gasteiger partial charge on any atom is 0.286 e. The van der Waals surface area contributed by atoms with Gasteiger partial charge in [0.25, 0.3) is 6.26 Å². The van der Waals surface area contributed by atoms with E-state index in [4.69, 9.17) is 10.00 Å². The summed E-state index contributed by atoms with van der Waals surface area (Å²) >= 11 is 0. The van der Waals surface area contributed by atoms with E-state index in [1.165, 1.54) is 32.1 Å². The maximum atomic E-state index is 8.61. The minimum atomic E-state index is -0.0803. The standard InChI is InChI=1S/C11H19NO.H2S/c1-2-3-7-11(13-10-12)8-5-4-6-9-11;/h2-9H2,1H3;1H2. The Balaban J connectivity index is 0.00000169. The van der Waals surface area contributed by atoms with Crippen molar-refractivity contribution in [2.24, 2.45) is 0 Å². The molecule has 1 aliphatic carbocycles. The molecule has 0 heterocycles. The van der Waals surface area contributed by atoms with E-state index in [-0.39, 0.29) is 19.1 Å². The summed E-state index contributed by atoms with van der Waals surface area (Å²) in [5.74, 6) is 0. The van der Waals surface area contributed by atoms with Crippen LogP contribution in [0.1, 0.15) is 58.3 Å². The van der Waals surface area contributed by atoms with Crippen LogP contribution in [0.5, 0.6) is 0 Å². The van der Waals surface area contributed by atoms with Crippen molar-refractivity contribution in [2.75, 3.05) is 0 Å². The Kier molecular flexibility index (Phi) is 6.82. The van der Waals surface area contributed by atoms with E-state index in [1.807, 2.05) is 6.26 Å². The zero-order valence-electron chi connectivity index (χ0n) is 9.01. The summed E-state index contributed by atoms with van der Waals surface area (Å²) in [4.78, 5) is 0. The second-order valence-electron chi connectivity index (χ2n) is 4.04. The van der Waals surface area contributed by atoms with E-state index in [0.717, 1.165) is 19.3 Å². The zero-order valence-corrected chi connectivity index (χ0v) is 10.0. The first-order valence-electron chi connectivity index (χ1n) is 5.40. The molecule has 3 heteroatoms. The van der Waals surface area contributed by atoms with Crippen LogP contribution in [-0.2, 0) is 4.74 Å². The molecule has 14 heavy (non-hydrogen) atoms. The Labute approximate surface area is 94.1 Å². The third-order valence-electron chi connectivity index (χ3n) is 3.01. The first-order chi connectivity index (χ1) is 6.33. The summed E-state index contributed by atoms with van der Waals surface area (Å²) in [5, 5.41) is 8.61. The summed E-state index contributed by atoms with van der Waals surface area (Å²) in [6.45, 7) is 2.18. The van der Waals surface area contributed by atoms with Crippen molar-refractivity contribution in [2.45, 2.75) is 63.9 Å². The lowest BCUT2D eigenvalue weighted by Gasteiger charge is -2.34. The topological polar surface area (TPSA) is 33.0 Å². The molecular weight excluding hydrogens is 194 g/mol. The van der Waals surface area contributed by atoms with E-state index in [9.17, 15) is 0 Å². The van der Waals surface area contributed by atoms with Crippen LogP contribution < -0.4 is 0 Å². The molecule has 0 N–H and O–H groups in total. The average molecular weight is 215 g/mol. The fraction of sp³-hybridized carbons (Fsp3) is 0.909. The molecule has 0 aromatic carbocycles. The minimum Gasteiger partial charge on any atom is -0.421 e. The highest BCUT2D eigenvalue weighted by Gasteiger charge is 2.33. The second kappa shape index (κ2) is 7.00. The summed E-state index contributed by atoms with van der Waals surface area (Å²) < 4.78 is 5.28. The van der Waals surface area contributed by atoms with Crippen LogP contribution in [0.15, 0.2) is 0 Å². The lowest BCUT2D eigenvalue weighted by molar-refractivity contribution is -0.00900. The highest BCUT2D eigenvalue weighted by atomic mass is 32.1. The Morgan fingerprint density at radius 3 is 2.43 bits per heavy atom. The van der Waals surface area contributed by atoms with Gasteiger partial charge in [-0.05, 0) is 38.5 Å². The van der Waals surface area contributed by atoms with E-state index < -0.39 is 0 Å².